The molecule has 0 unspecified atom stereocenters. The van der Waals surface area contributed by atoms with Gasteiger partial charge in [0.05, 0.1) is 0 Å². The molecule has 0 aliphatic carbocycles. The third-order valence-electron chi connectivity index (χ3n) is 4.44. The highest BCUT2D eigenvalue weighted by Gasteiger charge is 2.07. The van der Waals surface area contributed by atoms with Crippen LogP contribution in [0.15, 0.2) is 67.3 Å². The van der Waals surface area contributed by atoms with Crippen LogP contribution in [0, 0.1) is 13.8 Å². The number of hydrogen-bond acceptors (Lipinski definition) is 5. The monoisotopic (exact) mass is 433 g/mol. The molecule has 0 radical (unpaired) electrons. The molecular weight excluding hydrogens is 414 g/mol. The molecule has 0 spiro atoms. The van der Waals surface area contributed by atoms with Crippen molar-refractivity contribution >= 4 is 40.5 Å². The van der Waals surface area contributed by atoms with Crippen LogP contribution < -0.4 is 16.0 Å². The van der Waals surface area contributed by atoms with E-state index in [9.17, 15) is 4.79 Å². The molecule has 0 aliphatic heterocycles. The number of benzene rings is 2. The minimum atomic E-state index is -0.350. The Morgan fingerprint density at radius 2 is 1.65 bits per heavy atom. The number of amides is 2. The second-order valence-corrected chi connectivity index (χ2v) is 7.28. The molecule has 0 aliphatic rings. The molecule has 0 saturated carbocycles. The molecular formula is C22H20ClN7O. The number of aryl methyl sites for hydroxylation is 2. The van der Waals surface area contributed by atoms with Gasteiger partial charge in [-0.3, -0.25) is 4.57 Å². The van der Waals surface area contributed by atoms with Crippen molar-refractivity contribution in [2.45, 2.75) is 13.8 Å². The smallest absolute Gasteiger partial charge is 0.323 e. The van der Waals surface area contributed by atoms with Crippen molar-refractivity contribution in [2.75, 3.05) is 16.0 Å². The van der Waals surface area contributed by atoms with Gasteiger partial charge in [-0.05, 0) is 55.8 Å². The van der Waals surface area contributed by atoms with Crippen LogP contribution in [0.2, 0.25) is 5.02 Å². The van der Waals surface area contributed by atoms with Crippen LogP contribution in [0.5, 0.6) is 0 Å². The fourth-order valence-corrected chi connectivity index (χ4v) is 3.07. The van der Waals surface area contributed by atoms with Crippen LogP contribution in [-0.2, 0) is 0 Å². The summed E-state index contributed by atoms with van der Waals surface area (Å²) in [5, 5.41) is 9.41. The zero-order valence-corrected chi connectivity index (χ0v) is 17.7. The first kappa shape index (κ1) is 20.4. The number of halogens is 1. The lowest BCUT2D eigenvalue weighted by Gasteiger charge is -2.11. The molecule has 2 heterocycles. The highest BCUT2D eigenvalue weighted by Crippen LogP contribution is 2.21. The third kappa shape index (κ3) is 5.18. The van der Waals surface area contributed by atoms with Crippen molar-refractivity contribution in [3.05, 3.63) is 83.7 Å². The molecule has 9 heteroatoms. The van der Waals surface area contributed by atoms with Gasteiger partial charge in [0.2, 0.25) is 0 Å². The number of carbonyl (C=O) groups is 1. The maximum absolute atomic E-state index is 12.2. The molecule has 3 N–H and O–H groups in total. The number of carbonyl (C=O) groups excluding carboxylic acids is 1. The van der Waals surface area contributed by atoms with Crippen molar-refractivity contribution in [1.29, 1.82) is 0 Å². The average Bonchev–Trinajstić information content (AvgIpc) is 3.27. The van der Waals surface area contributed by atoms with Gasteiger partial charge in [-0.25, -0.2) is 19.7 Å². The Kier molecular flexibility index (Phi) is 5.81. The van der Waals surface area contributed by atoms with E-state index in [4.69, 9.17) is 11.6 Å². The summed E-state index contributed by atoms with van der Waals surface area (Å²) in [4.78, 5) is 25.1. The third-order valence-corrected chi connectivity index (χ3v) is 4.85. The molecule has 4 aromatic rings. The summed E-state index contributed by atoms with van der Waals surface area (Å²) in [6.07, 6.45) is 5.20. The number of aromatic nitrogens is 4. The Hall–Kier alpha value is -3.91. The Labute approximate surface area is 184 Å². The van der Waals surface area contributed by atoms with Crippen molar-refractivity contribution in [1.82, 2.24) is 19.5 Å². The largest absolute Gasteiger partial charge is 0.340 e. The first-order valence-electron chi connectivity index (χ1n) is 9.51. The lowest BCUT2D eigenvalue weighted by atomic mass is 10.2. The van der Waals surface area contributed by atoms with Gasteiger partial charge >= 0.3 is 6.03 Å². The minimum absolute atomic E-state index is 0.350. The quantitative estimate of drug-likeness (QED) is 0.395. The molecule has 2 amide bonds. The molecule has 8 nitrogen and oxygen atoms in total. The van der Waals surface area contributed by atoms with E-state index in [1.54, 1.807) is 36.8 Å². The molecule has 4 rings (SSSR count). The standard InChI is InChI=1S/C22H20ClN7O/c1-14-3-4-18(11-19(14)23)29-22(31)28-17-7-5-16(6-8-17)27-20-12-21(26-15(2)25-20)30-10-9-24-13-30/h3-13H,1-2H3,(H,25,26,27)(H2,28,29,31). The summed E-state index contributed by atoms with van der Waals surface area (Å²) in [5.74, 6) is 2.02. The average molecular weight is 434 g/mol. The summed E-state index contributed by atoms with van der Waals surface area (Å²) in [6, 6.07) is 14.2. The number of nitrogens with zero attached hydrogens (tertiary/aromatic N) is 4. The Morgan fingerprint density at radius 3 is 2.35 bits per heavy atom. The van der Waals surface area contributed by atoms with E-state index in [0.29, 0.717) is 28.0 Å². The first-order valence-corrected chi connectivity index (χ1v) is 9.89. The molecule has 0 saturated heterocycles. The molecule has 31 heavy (non-hydrogen) atoms. The maximum Gasteiger partial charge on any atom is 0.323 e. The van der Waals surface area contributed by atoms with Crippen molar-refractivity contribution in [3.8, 4) is 5.82 Å². The van der Waals surface area contributed by atoms with Gasteiger partial charge in [0.25, 0.3) is 0 Å². The normalized spacial score (nSPS) is 10.5. The Bertz CT molecular complexity index is 1210. The van der Waals surface area contributed by atoms with Crippen LogP contribution >= 0.6 is 11.6 Å². The zero-order valence-electron chi connectivity index (χ0n) is 16.9. The van der Waals surface area contributed by atoms with Crippen molar-refractivity contribution < 1.29 is 4.79 Å². The summed E-state index contributed by atoms with van der Waals surface area (Å²) >= 11 is 6.10. The molecule has 2 aromatic carbocycles. The van der Waals surface area contributed by atoms with E-state index in [1.165, 1.54) is 0 Å². The molecule has 156 valence electrons. The summed E-state index contributed by atoms with van der Waals surface area (Å²) in [7, 11) is 0. The van der Waals surface area contributed by atoms with E-state index in [1.807, 2.05) is 48.9 Å². The highest BCUT2D eigenvalue weighted by atomic mass is 35.5. The van der Waals surface area contributed by atoms with Gasteiger partial charge in [-0.2, -0.15) is 0 Å². The van der Waals surface area contributed by atoms with Gasteiger partial charge < -0.3 is 16.0 Å². The van der Waals surface area contributed by atoms with Crippen LogP contribution in [0.3, 0.4) is 0 Å². The topological polar surface area (TPSA) is 96.8 Å². The van der Waals surface area contributed by atoms with Gasteiger partial charge in [0.15, 0.2) is 0 Å². The summed E-state index contributed by atoms with van der Waals surface area (Å²) in [6.45, 7) is 3.74. The minimum Gasteiger partial charge on any atom is -0.340 e. The van der Waals surface area contributed by atoms with Crippen molar-refractivity contribution in [3.63, 3.8) is 0 Å². The summed E-state index contributed by atoms with van der Waals surface area (Å²) < 4.78 is 1.81. The van der Waals surface area contributed by atoms with E-state index in [0.717, 1.165) is 17.1 Å². The number of imidazole rings is 1. The van der Waals surface area contributed by atoms with E-state index < -0.39 is 0 Å². The Morgan fingerprint density at radius 1 is 0.935 bits per heavy atom. The molecule has 0 bridgehead atoms. The van der Waals surface area contributed by atoms with Crippen LogP contribution in [0.1, 0.15) is 11.4 Å². The molecule has 2 aromatic heterocycles. The van der Waals surface area contributed by atoms with E-state index in [-0.39, 0.29) is 6.03 Å². The number of rotatable bonds is 5. The number of hydrogen-bond donors (Lipinski definition) is 3. The number of nitrogens with one attached hydrogen (secondary N) is 3. The predicted octanol–water partition coefficient (Wildman–Crippen LogP) is 5.32. The van der Waals surface area contributed by atoms with Gasteiger partial charge in [0, 0.05) is 40.5 Å². The van der Waals surface area contributed by atoms with E-state index in [2.05, 4.69) is 30.9 Å². The van der Waals surface area contributed by atoms with Crippen molar-refractivity contribution in [2.24, 2.45) is 0 Å². The first-order chi connectivity index (χ1) is 15.0. The SMILES string of the molecule is Cc1nc(Nc2ccc(NC(=O)Nc3ccc(C)c(Cl)c3)cc2)cc(-n2ccnc2)n1. The van der Waals surface area contributed by atoms with Gasteiger partial charge in [0.1, 0.15) is 23.8 Å². The van der Waals surface area contributed by atoms with Gasteiger partial charge in [-0.1, -0.05) is 17.7 Å². The fraction of sp³-hybridized carbons (Fsp3) is 0.0909. The summed E-state index contributed by atoms with van der Waals surface area (Å²) in [5.41, 5.74) is 3.05. The van der Waals surface area contributed by atoms with Crippen LogP contribution in [-0.4, -0.2) is 25.6 Å². The molecule has 0 fully saturated rings. The predicted molar refractivity (Wildman–Crippen MR) is 122 cm³/mol. The number of urea groups is 1. The molecule has 0 atom stereocenters. The highest BCUT2D eigenvalue weighted by molar-refractivity contribution is 6.31. The second kappa shape index (κ2) is 8.85. The van der Waals surface area contributed by atoms with Gasteiger partial charge in [-0.15, -0.1) is 0 Å². The number of anilines is 4. The Balaban J connectivity index is 1.40. The second-order valence-electron chi connectivity index (χ2n) is 6.87. The zero-order chi connectivity index (χ0) is 21.8. The van der Waals surface area contributed by atoms with Crippen LogP contribution in [0.25, 0.3) is 5.82 Å². The lowest BCUT2D eigenvalue weighted by molar-refractivity contribution is 0.262. The fourth-order valence-electron chi connectivity index (χ4n) is 2.89. The van der Waals surface area contributed by atoms with Crippen LogP contribution in [0.4, 0.5) is 27.7 Å². The maximum atomic E-state index is 12.2. The lowest BCUT2D eigenvalue weighted by Crippen LogP contribution is -2.19. The van der Waals surface area contributed by atoms with E-state index >= 15 is 0 Å².